The first kappa shape index (κ1) is 18.6. The molecule has 1 amide bonds. The summed E-state index contributed by atoms with van der Waals surface area (Å²) >= 11 is 1.77. The summed E-state index contributed by atoms with van der Waals surface area (Å²) in [4.78, 5) is 14.2. The van der Waals surface area contributed by atoms with Gasteiger partial charge in [0.2, 0.25) is 5.91 Å². The smallest absolute Gasteiger partial charge is 0.236 e. The van der Waals surface area contributed by atoms with E-state index in [0.717, 1.165) is 45.1 Å². The number of hydrogen-bond donors (Lipinski definition) is 2. The van der Waals surface area contributed by atoms with Crippen LogP contribution < -0.4 is 10.6 Å². The zero-order chi connectivity index (χ0) is 15.4. The van der Waals surface area contributed by atoms with Crippen LogP contribution in [-0.4, -0.2) is 29.3 Å². The van der Waals surface area contributed by atoms with E-state index in [2.05, 4.69) is 41.8 Å². The van der Waals surface area contributed by atoms with Crippen molar-refractivity contribution in [3.05, 3.63) is 30.3 Å². The van der Waals surface area contributed by atoms with Crippen LogP contribution in [0.3, 0.4) is 0 Å². The van der Waals surface area contributed by atoms with Crippen molar-refractivity contribution in [3.63, 3.8) is 0 Å². The molecule has 1 heterocycles. The summed E-state index contributed by atoms with van der Waals surface area (Å²) in [6, 6.07) is 11.2. The van der Waals surface area contributed by atoms with Crippen molar-refractivity contribution in [2.24, 2.45) is 0 Å². The van der Waals surface area contributed by atoms with Gasteiger partial charge in [-0.1, -0.05) is 31.0 Å². The van der Waals surface area contributed by atoms with Crippen LogP contribution >= 0.6 is 24.2 Å². The Labute approximate surface area is 149 Å². The summed E-state index contributed by atoms with van der Waals surface area (Å²) in [6.07, 6.45) is 6.41. The van der Waals surface area contributed by atoms with Gasteiger partial charge in [0.25, 0.3) is 0 Å². The van der Waals surface area contributed by atoms with Gasteiger partial charge in [-0.3, -0.25) is 4.79 Å². The highest BCUT2D eigenvalue weighted by Crippen LogP contribution is 2.45. The Balaban J connectivity index is 0.00000192. The number of nitrogens with one attached hydrogen (secondary N) is 2. The topological polar surface area (TPSA) is 41.1 Å². The highest BCUT2D eigenvalue weighted by atomic mass is 35.5. The lowest BCUT2D eigenvalue weighted by molar-refractivity contribution is -0.124. The molecule has 1 saturated carbocycles. The second-order valence-corrected chi connectivity index (χ2v) is 8.12. The van der Waals surface area contributed by atoms with Crippen LogP contribution in [0.1, 0.15) is 45.4 Å². The van der Waals surface area contributed by atoms with Crippen LogP contribution in [0.4, 0.5) is 0 Å². The lowest BCUT2D eigenvalue weighted by Gasteiger charge is -2.33. The minimum Gasteiger partial charge on any atom is -0.352 e. The number of rotatable bonds is 4. The Hall–Kier alpha value is -0.710. The van der Waals surface area contributed by atoms with Crippen LogP contribution in [0.5, 0.6) is 0 Å². The average Bonchev–Trinajstić information content (AvgIpc) is 2.98. The first-order valence-electron chi connectivity index (χ1n) is 8.46. The fourth-order valence-electron chi connectivity index (χ4n) is 3.62. The van der Waals surface area contributed by atoms with E-state index in [4.69, 9.17) is 0 Å². The van der Waals surface area contributed by atoms with Crippen LogP contribution in [0, 0.1) is 0 Å². The first-order valence-corrected chi connectivity index (χ1v) is 9.28. The monoisotopic (exact) mass is 354 g/mol. The van der Waals surface area contributed by atoms with E-state index in [9.17, 15) is 4.79 Å². The molecule has 128 valence electrons. The number of piperidine rings is 1. The first-order chi connectivity index (χ1) is 10.7. The van der Waals surface area contributed by atoms with Crippen molar-refractivity contribution >= 4 is 30.1 Å². The Morgan fingerprint density at radius 1 is 1.26 bits per heavy atom. The predicted octanol–water partition coefficient (Wildman–Crippen LogP) is 3.77. The number of carbonyl (C=O) groups is 1. The van der Waals surface area contributed by atoms with Gasteiger partial charge < -0.3 is 10.6 Å². The molecule has 5 heteroatoms. The number of halogens is 1. The zero-order valence-corrected chi connectivity index (χ0v) is 15.3. The van der Waals surface area contributed by atoms with Crippen LogP contribution in [0.15, 0.2) is 35.2 Å². The van der Waals surface area contributed by atoms with Crippen molar-refractivity contribution in [2.75, 3.05) is 6.54 Å². The quantitative estimate of drug-likeness (QED) is 0.864. The predicted molar refractivity (Wildman–Crippen MR) is 99.4 cm³/mol. The molecule has 2 unspecified atom stereocenters. The van der Waals surface area contributed by atoms with Crippen LogP contribution in [-0.2, 0) is 4.79 Å². The summed E-state index contributed by atoms with van der Waals surface area (Å²) in [5.74, 6) is 0.262. The molecule has 2 atom stereocenters. The molecular formula is C18H27ClN2OS. The minimum absolute atomic E-state index is 0. The molecule has 1 aromatic carbocycles. The fourth-order valence-corrected chi connectivity index (χ4v) is 5.00. The van der Waals surface area contributed by atoms with E-state index in [1.807, 2.05) is 6.07 Å². The third kappa shape index (κ3) is 4.65. The molecule has 1 aromatic rings. The molecule has 3 nitrogen and oxygen atoms in total. The molecule has 3 rings (SSSR count). The Kier molecular flexibility index (Phi) is 6.81. The summed E-state index contributed by atoms with van der Waals surface area (Å²) < 4.78 is -0.254. The minimum atomic E-state index is -0.254. The van der Waals surface area contributed by atoms with Crippen molar-refractivity contribution in [3.8, 4) is 0 Å². The van der Waals surface area contributed by atoms with Crippen molar-refractivity contribution in [1.29, 1.82) is 0 Å². The van der Waals surface area contributed by atoms with Crippen LogP contribution in [0.2, 0.25) is 0 Å². The molecule has 1 saturated heterocycles. The number of benzene rings is 1. The number of carbonyl (C=O) groups excluding carboxylic acids is 1. The molecule has 0 aromatic heterocycles. The summed E-state index contributed by atoms with van der Waals surface area (Å²) in [6.45, 7) is 3.20. The van der Waals surface area contributed by atoms with E-state index in [0.29, 0.717) is 12.1 Å². The second-order valence-electron chi connectivity index (χ2n) is 6.67. The van der Waals surface area contributed by atoms with E-state index in [1.54, 1.807) is 11.8 Å². The molecular weight excluding hydrogens is 328 g/mol. The average molecular weight is 355 g/mol. The Bertz CT molecular complexity index is 505. The highest BCUT2D eigenvalue weighted by Gasteiger charge is 2.43. The molecule has 1 aliphatic carbocycles. The third-order valence-electron chi connectivity index (χ3n) is 4.84. The standard InChI is InChI=1S/C18H26N2OS.ClH/c1-14-13-15(9-12-19-14)20-17(21)18(10-5-6-11-18)22-16-7-3-2-4-8-16;/h2-4,7-8,14-15,19H,5-6,9-13H2,1H3,(H,20,21);1H. The maximum absolute atomic E-state index is 13.0. The SMILES string of the molecule is CC1CC(NC(=O)C2(Sc3ccccc3)CCCC2)CCN1.Cl. The molecule has 0 spiro atoms. The number of amides is 1. The van der Waals surface area contributed by atoms with Gasteiger partial charge in [-0.15, -0.1) is 24.2 Å². The van der Waals surface area contributed by atoms with E-state index in [1.165, 1.54) is 4.90 Å². The normalized spacial score (nSPS) is 26.3. The summed E-state index contributed by atoms with van der Waals surface area (Å²) in [5.41, 5.74) is 0. The lowest BCUT2D eigenvalue weighted by atomic mass is 9.98. The van der Waals surface area contributed by atoms with Gasteiger partial charge in [-0.05, 0) is 51.3 Å². The molecule has 2 N–H and O–H groups in total. The van der Waals surface area contributed by atoms with Gasteiger partial charge in [0, 0.05) is 17.0 Å². The Morgan fingerprint density at radius 2 is 1.96 bits per heavy atom. The zero-order valence-electron chi connectivity index (χ0n) is 13.7. The fraction of sp³-hybridized carbons (Fsp3) is 0.611. The van der Waals surface area contributed by atoms with E-state index >= 15 is 0 Å². The molecule has 0 radical (unpaired) electrons. The van der Waals surface area contributed by atoms with Gasteiger partial charge in [0.05, 0.1) is 4.75 Å². The third-order valence-corrected chi connectivity index (χ3v) is 6.33. The Morgan fingerprint density at radius 3 is 2.61 bits per heavy atom. The van der Waals surface area contributed by atoms with Gasteiger partial charge in [0.1, 0.15) is 0 Å². The van der Waals surface area contributed by atoms with Crippen molar-refractivity contribution < 1.29 is 4.79 Å². The van der Waals surface area contributed by atoms with Gasteiger partial charge in [-0.2, -0.15) is 0 Å². The highest BCUT2D eigenvalue weighted by molar-refractivity contribution is 8.01. The maximum Gasteiger partial charge on any atom is 0.236 e. The molecule has 0 bridgehead atoms. The lowest BCUT2D eigenvalue weighted by Crippen LogP contribution is -2.51. The number of thioether (sulfide) groups is 1. The van der Waals surface area contributed by atoms with Gasteiger partial charge >= 0.3 is 0 Å². The summed E-state index contributed by atoms with van der Waals surface area (Å²) in [5, 5.41) is 6.80. The van der Waals surface area contributed by atoms with E-state index < -0.39 is 0 Å². The van der Waals surface area contributed by atoms with Crippen LogP contribution in [0.25, 0.3) is 0 Å². The summed E-state index contributed by atoms with van der Waals surface area (Å²) in [7, 11) is 0. The molecule has 2 fully saturated rings. The van der Waals surface area contributed by atoms with Gasteiger partial charge in [-0.25, -0.2) is 0 Å². The molecule has 23 heavy (non-hydrogen) atoms. The maximum atomic E-state index is 13.0. The number of hydrogen-bond acceptors (Lipinski definition) is 3. The second kappa shape index (κ2) is 8.41. The van der Waals surface area contributed by atoms with Crippen molar-refractivity contribution in [1.82, 2.24) is 10.6 Å². The van der Waals surface area contributed by atoms with Gasteiger partial charge in [0.15, 0.2) is 0 Å². The molecule has 1 aliphatic heterocycles. The largest absolute Gasteiger partial charge is 0.352 e. The van der Waals surface area contributed by atoms with E-state index in [-0.39, 0.29) is 23.1 Å². The van der Waals surface area contributed by atoms with Crippen molar-refractivity contribution in [2.45, 2.75) is 67.2 Å². The molecule has 2 aliphatic rings.